The van der Waals surface area contributed by atoms with Gasteiger partial charge >= 0.3 is 0 Å². The molecule has 1 aromatic carbocycles. The Balaban J connectivity index is 1.33. The molecule has 10 heteroatoms. The minimum atomic E-state index is -3.18. The fraction of sp³-hybridized carbons (Fsp3) is 0.767. The van der Waals surface area contributed by atoms with E-state index in [-0.39, 0.29) is 23.7 Å². The van der Waals surface area contributed by atoms with Gasteiger partial charge in [0.1, 0.15) is 5.82 Å². The maximum atomic E-state index is 14.2. The summed E-state index contributed by atoms with van der Waals surface area (Å²) >= 11 is 0. The van der Waals surface area contributed by atoms with Gasteiger partial charge in [-0.2, -0.15) is 0 Å². The Morgan fingerprint density at radius 2 is 1.70 bits per heavy atom. The number of hydrogen-bond acceptors (Lipinski definition) is 6. The number of nitrogens with one attached hydrogen (secondary N) is 1. The van der Waals surface area contributed by atoms with Crippen molar-refractivity contribution in [2.24, 2.45) is 11.8 Å². The van der Waals surface area contributed by atoms with Crippen molar-refractivity contribution in [2.75, 3.05) is 78.2 Å². The maximum Gasteiger partial charge on any atom is 0.237 e. The molecule has 0 aromatic heterocycles. The van der Waals surface area contributed by atoms with Crippen LogP contribution in [0.4, 0.5) is 4.39 Å². The van der Waals surface area contributed by atoms with Gasteiger partial charge in [0.15, 0.2) is 0 Å². The van der Waals surface area contributed by atoms with Crippen LogP contribution in [-0.2, 0) is 14.8 Å². The summed E-state index contributed by atoms with van der Waals surface area (Å²) in [5, 5.41) is 3.36. The second kappa shape index (κ2) is 14.5. The molecule has 0 saturated carbocycles. The van der Waals surface area contributed by atoms with Crippen LogP contribution in [0.5, 0.6) is 0 Å². The number of benzene rings is 1. The van der Waals surface area contributed by atoms with E-state index in [0.717, 1.165) is 90.0 Å². The van der Waals surface area contributed by atoms with Gasteiger partial charge in [0.2, 0.25) is 15.9 Å². The van der Waals surface area contributed by atoms with Gasteiger partial charge in [-0.1, -0.05) is 26.0 Å². The molecule has 1 aromatic rings. The van der Waals surface area contributed by atoms with E-state index in [9.17, 15) is 17.6 Å². The van der Waals surface area contributed by atoms with E-state index in [1.165, 1.54) is 12.3 Å². The largest absolute Gasteiger partial charge is 0.338 e. The predicted molar refractivity (Wildman–Crippen MR) is 158 cm³/mol. The van der Waals surface area contributed by atoms with Crippen LogP contribution >= 0.6 is 0 Å². The van der Waals surface area contributed by atoms with Crippen molar-refractivity contribution in [3.05, 3.63) is 35.6 Å². The van der Waals surface area contributed by atoms with E-state index >= 15 is 0 Å². The smallest absolute Gasteiger partial charge is 0.237 e. The van der Waals surface area contributed by atoms with Gasteiger partial charge in [-0.05, 0) is 74.1 Å². The lowest BCUT2D eigenvalue weighted by atomic mass is 9.78. The fourth-order valence-electron chi connectivity index (χ4n) is 6.80. The third-order valence-corrected chi connectivity index (χ3v) is 10.3. The predicted octanol–water partition coefficient (Wildman–Crippen LogP) is 2.83. The van der Waals surface area contributed by atoms with Crippen LogP contribution in [0.1, 0.15) is 57.4 Å². The van der Waals surface area contributed by atoms with Crippen molar-refractivity contribution in [3.8, 4) is 0 Å². The van der Waals surface area contributed by atoms with E-state index in [1.54, 1.807) is 16.4 Å². The molecule has 1 amide bonds. The number of nitrogens with zero attached hydrogens (tertiary/aromatic N) is 4. The number of halogens is 1. The molecule has 3 aliphatic rings. The van der Waals surface area contributed by atoms with Crippen LogP contribution in [0.15, 0.2) is 24.3 Å². The first kappa shape index (κ1) is 31.3. The lowest BCUT2D eigenvalue weighted by Crippen LogP contribution is -2.53. The number of rotatable bonds is 11. The molecule has 0 aliphatic carbocycles. The minimum absolute atomic E-state index is 0.202. The first-order valence-electron chi connectivity index (χ1n) is 15.3. The number of likely N-dealkylation sites (tertiary alicyclic amines) is 1. The topological polar surface area (TPSA) is 76.2 Å². The molecular weight excluding hydrogens is 529 g/mol. The van der Waals surface area contributed by atoms with E-state index in [4.69, 9.17) is 0 Å². The highest BCUT2D eigenvalue weighted by molar-refractivity contribution is 7.88. The summed E-state index contributed by atoms with van der Waals surface area (Å²) in [7, 11) is -3.18. The van der Waals surface area contributed by atoms with Crippen LogP contribution in [0.2, 0.25) is 0 Å². The van der Waals surface area contributed by atoms with Crippen molar-refractivity contribution in [1.29, 1.82) is 0 Å². The molecule has 1 atom stereocenters. The lowest BCUT2D eigenvalue weighted by Gasteiger charge is -2.41. The Morgan fingerprint density at radius 3 is 2.30 bits per heavy atom. The lowest BCUT2D eigenvalue weighted by molar-refractivity contribution is -0.136. The molecule has 3 aliphatic heterocycles. The highest BCUT2D eigenvalue weighted by Crippen LogP contribution is 2.36. The summed E-state index contributed by atoms with van der Waals surface area (Å²) in [4.78, 5) is 20.3. The molecule has 1 N–H and O–H groups in total. The van der Waals surface area contributed by atoms with Gasteiger partial charge in [-0.3, -0.25) is 9.69 Å². The first-order valence-corrected chi connectivity index (χ1v) is 17.1. The first-order chi connectivity index (χ1) is 19.1. The maximum absolute atomic E-state index is 14.2. The zero-order valence-corrected chi connectivity index (χ0v) is 25.5. The summed E-state index contributed by atoms with van der Waals surface area (Å²) < 4.78 is 39.8. The average Bonchev–Trinajstić information content (AvgIpc) is 2.92. The third kappa shape index (κ3) is 8.95. The summed E-state index contributed by atoms with van der Waals surface area (Å²) in [5.74, 6) is 1.02. The van der Waals surface area contributed by atoms with Gasteiger partial charge in [0, 0.05) is 64.9 Å². The van der Waals surface area contributed by atoms with Crippen molar-refractivity contribution >= 4 is 15.9 Å². The van der Waals surface area contributed by atoms with Crippen LogP contribution in [0, 0.1) is 17.7 Å². The molecule has 4 rings (SSSR count). The van der Waals surface area contributed by atoms with E-state index in [0.29, 0.717) is 31.5 Å². The fourth-order valence-corrected chi connectivity index (χ4v) is 7.67. The van der Waals surface area contributed by atoms with Gasteiger partial charge in [0.05, 0.1) is 12.8 Å². The molecule has 226 valence electrons. The monoisotopic (exact) mass is 579 g/mol. The number of amides is 1. The number of piperidine rings is 2. The second-order valence-corrected chi connectivity index (χ2v) is 14.5. The molecule has 40 heavy (non-hydrogen) atoms. The van der Waals surface area contributed by atoms with E-state index < -0.39 is 10.0 Å². The number of sulfonamides is 1. The van der Waals surface area contributed by atoms with Crippen molar-refractivity contribution in [1.82, 2.24) is 24.3 Å². The van der Waals surface area contributed by atoms with E-state index in [1.807, 2.05) is 6.07 Å². The summed E-state index contributed by atoms with van der Waals surface area (Å²) in [5.41, 5.74) is 1.02. The SMILES string of the molecule is CC(C)CN(C(=O)CN1CCNCC1)C1CCN(CCC(c2cccc(F)c2)C2CCN(S(C)(=O)=O)CC2)CC1. The Hall–Kier alpha value is -1.59. The van der Waals surface area contributed by atoms with Crippen molar-refractivity contribution in [2.45, 2.75) is 57.9 Å². The summed E-state index contributed by atoms with van der Waals surface area (Å²) in [6.45, 7) is 13.4. The summed E-state index contributed by atoms with van der Waals surface area (Å²) in [6, 6.07) is 7.25. The standard InChI is InChI=1S/C30H50FN5O3S/c1-24(2)22-36(30(37)23-34-19-12-32-13-20-34)28-9-14-33(15-10-28)16-11-29(26-5-4-6-27(31)21-26)25-7-17-35(18-8-25)40(3,38)39/h4-6,21,24-25,28-29,32H,7-20,22-23H2,1-3H3. The number of hydrogen-bond donors (Lipinski definition) is 1. The molecule has 0 bridgehead atoms. The van der Waals surface area contributed by atoms with Gasteiger partial charge in [-0.25, -0.2) is 17.1 Å². The van der Waals surface area contributed by atoms with Crippen LogP contribution in [0.3, 0.4) is 0 Å². The van der Waals surface area contributed by atoms with Gasteiger partial charge in [0.25, 0.3) is 0 Å². The Labute approximate surface area is 241 Å². The second-order valence-electron chi connectivity index (χ2n) is 12.5. The average molecular weight is 580 g/mol. The van der Waals surface area contributed by atoms with Crippen molar-refractivity contribution < 1.29 is 17.6 Å². The highest BCUT2D eigenvalue weighted by Gasteiger charge is 2.33. The number of piperazine rings is 1. The molecular formula is C30H50FN5O3S. The molecule has 1 unspecified atom stereocenters. The molecule has 3 heterocycles. The van der Waals surface area contributed by atoms with Gasteiger partial charge < -0.3 is 15.1 Å². The van der Waals surface area contributed by atoms with Gasteiger partial charge in [-0.15, -0.1) is 0 Å². The number of carbonyl (C=O) groups excluding carboxylic acids is 1. The normalized spacial score (nSPS) is 22.0. The van der Waals surface area contributed by atoms with Crippen LogP contribution in [-0.4, -0.2) is 118 Å². The zero-order valence-electron chi connectivity index (χ0n) is 24.7. The Bertz CT molecular complexity index is 1050. The molecule has 8 nitrogen and oxygen atoms in total. The number of carbonyl (C=O) groups is 1. The highest BCUT2D eigenvalue weighted by atomic mass is 32.2. The molecule has 0 radical (unpaired) electrons. The minimum Gasteiger partial charge on any atom is -0.338 e. The summed E-state index contributed by atoms with van der Waals surface area (Å²) in [6.07, 6.45) is 5.78. The Morgan fingerprint density at radius 1 is 1.02 bits per heavy atom. The quantitative estimate of drug-likeness (QED) is 0.435. The van der Waals surface area contributed by atoms with Crippen molar-refractivity contribution in [3.63, 3.8) is 0 Å². The zero-order chi connectivity index (χ0) is 28.7. The van der Waals surface area contributed by atoms with Crippen LogP contribution in [0.25, 0.3) is 0 Å². The molecule has 3 saturated heterocycles. The molecule has 0 spiro atoms. The van der Waals surface area contributed by atoms with Crippen LogP contribution < -0.4 is 5.32 Å². The molecule has 3 fully saturated rings. The Kier molecular flexibility index (Phi) is 11.4. The third-order valence-electron chi connectivity index (χ3n) is 9.02. The van der Waals surface area contributed by atoms with E-state index in [2.05, 4.69) is 33.9 Å².